The number of aromatic nitrogens is 2. The maximum absolute atomic E-state index is 13.4. The number of nitrogens with two attached hydrogens (primary N) is 1. The molecule has 0 saturated carbocycles. The highest BCUT2D eigenvalue weighted by atomic mass is 19.1. The molecule has 0 aliphatic carbocycles. The Labute approximate surface area is 104 Å². The molecule has 0 aliphatic heterocycles. The van der Waals surface area contributed by atoms with E-state index in [4.69, 9.17) is 10.6 Å². The number of methoxy groups -OCH3 is 1. The van der Waals surface area contributed by atoms with Gasteiger partial charge >= 0.3 is 0 Å². The number of hydrazine groups is 1. The van der Waals surface area contributed by atoms with Gasteiger partial charge in [0.25, 0.3) is 0 Å². The molecule has 1 aromatic carbocycles. The average molecular weight is 250 g/mol. The largest absolute Gasteiger partial charge is 0.494 e. The zero-order valence-corrected chi connectivity index (χ0v) is 10.2. The highest BCUT2D eigenvalue weighted by Crippen LogP contribution is 2.26. The van der Waals surface area contributed by atoms with Gasteiger partial charge in [-0.3, -0.25) is 10.5 Å². The van der Waals surface area contributed by atoms with Crippen LogP contribution in [0.2, 0.25) is 0 Å². The summed E-state index contributed by atoms with van der Waals surface area (Å²) in [6.45, 7) is 0. The second kappa shape index (κ2) is 5.16. The van der Waals surface area contributed by atoms with Gasteiger partial charge in [0.2, 0.25) is 0 Å². The second-order valence-corrected chi connectivity index (χ2v) is 3.87. The Bertz CT molecular complexity index is 541. The maximum atomic E-state index is 13.4. The van der Waals surface area contributed by atoms with Crippen molar-refractivity contribution in [2.24, 2.45) is 12.9 Å². The number of nitrogens with one attached hydrogen (secondary N) is 1. The van der Waals surface area contributed by atoms with E-state index >= 15 is 0 Å². The van der Waals surface area contributed by atoms with Gasteiger partial charge in [-0.1, -0.05) is 6.07 Å². The second-order valence-electron chi connectivity index (χ2n) is 3.87. The normalized spacial score (nSPS) is 12.4. The molecule has 0 fully saturated rings. The summed E-state index contributed by atoms with van der Waals surface area (Å²) in [5.74, 6) is 5.36. The summed E-state index contributed by atoms with van der Waals surface area (Å²) in [4.78, 5) is 0. The first-order valence-electron chi connectivity index (χ1n) is 5.45. The molecule has 0 radical (unpaired) electrons. The van der Waals surface area contributed by atoms with Crippen molar-refractivity contribution in [1.29, 1.82) is 0 Å². The molecule has 2 rings (SSSR count). The number of ether oxygens (including phenoxy) is 1. The standard InChI is InChI=1S/C12H15FN4O/c1-17-10(5-6-15-17)12(16-14)8-3-4-9(13)11(7-8)18-2/h3-7,12,16H,14H2,1-2H3. The highest BCUT2D eigenvalue weighted by Gasteiger charge is 2.17. The number of aryl methyl sites for hydroxylation is 1. The van der Waals surface area contributed by atoms with Gasteiger partial charge in [0.05, 0.1) is 18.8 Å². The third-order valence-corrected chi connectivity index (χ3v) is 2.83. The predicted octanol–water partition coefficient (Wildman–Crippen LogP) is 1.12. The zero-order chi connectivity index (χ0) is 13.1. The Morgan fingerprint density at radius 1 is 1.44 bits per heavy atom. The molecule has 0 spiro atoms. The molecule has 1 aromatic heterocycles. The van der Waals surface area contributed by atoms with Gasteiger partial charge in [-0.25, -0.2) is 9.82 Å². The zero-order valence-electron chi connectivity index (χ0n) is 10.2. The van der Waals surface area contributed by atoms with Crippen LogP contribution in [0.4, 0.5) is 4.39 Å². The fourth-order valence-corrected chi connectivity index (χ4v) is 1.88. The lowest BCUT2D eigenvalue weighted by molar-refractivity contribution is 0.385. The summed E-state index contributed by atoms with van der Waals surface area (Å²) in [6, 6.07) is 6.21. The lowest BCUT2D eigenvalue weighted by Gasteiger charge is -2.17. The number of halogens is 1. The van der Waals surface area contributed by atoms with Crippen LogP contribution in [0.5, 0.6) is 5.75 Å². The smallest absolute Gasteiger partial charge is 0.165 e. The van der Waals surface area contributed by atoms with Crippen molar-refractivity contribution >= 4 is 0 Å². The minimum Gasteiger partial charge on any atom is -0.494 e. The topological polar surface area (TPSA) is 65.1 Å². The highest BCUT2D eigenvalue weighted by molar-refractivity contribution is 5.35. The molecule has 0 aliphatic rings. The molecule has 0 amide bonds. The quantitative estimate of drug-likeness (QED) is 0.630. The molecule has 18 heavy (non-hydrogen) atoms. The van der Waals surface area contributed by atoms with Crippen LogP contribution in [0.25, 0.3) is 0 Å². The van der Waals surface area contributed by atoms with Crippen molar-refractivity contribution in [3.63, 3.8) is 0 Å². The molecule has 1 atom stereocenters. The fourth-order valence-electron chi connectivity index (χ4n) is 1.88. The Hall–Kier alpha value is -1.92. The number of hydrogen-bond acceptors (Lipinski definition) is 4. The van der Waals surface area contributed by atoms with Gasteiger partial charge < -0.3 is 4.74 Å². The van der Waals surface area contributed by atoms with Crippen molar-refractivity contribution in [3.8, 4) is 5.75 Å². The third-order valence-electron chi connectivity index (χ3n) is 2.83. The molecule has 5 nitrogen and oxygen atoms in total. The maximum Gasteiger partial charge on any atom is 0.165 e. The number of benzene rings is 1. The van der Waals surface area contributed by atoms with E-state index < -0.39 is 5.82 Å². The molecule has 96 valence electrons. The summed E-state index contributed by atoms with van der Waals surface area (Å²) in [5, 5.41) is 4.09. The molecule has 2 aromatic rings. The van der Waals surface area contributed by atoms with Gasteiger partial charge in [0, 0.05) is 13.2 Å². The summed E-state index contributed by atoms with van der Waals surface area (Å²) in [5.41, 5.74) is 4.38. The molecule has 6 heteroatoms. The molecule has 0 bridgehead atoms. The minimum absolute atomic E-state index is 0.190. The van der Waals surface area contributed by atoms with Gasteiger partial charge in [0.1, 0.15) is 0 Å². The first kappa shape index (κ1) is 12.5. The van der Waals surface area contributed by atoms with E-state index in [2.05, 4.69) is 10.5 Å². The average Bonchev–Trinajstić information content (AvgIpc) is 2.79. The molecule has 0 saturated heterocycles. The van der Waals surface area contributed by atoms with E-state index in [1.54, 1.807) is 23.0 Å². The van der Waals surface area contributed by atoms with Crippen molar-refractivity contribution in [1.82, 2.24) is 15.2 Å². The number of rotatable bonds is 4. The predicted molar refractivity (Wildman–Crippen MR) is 65.3 cm³/mol. The fraction of sp³-hybridized carbons (Fsp3) is 0.250. The molecule has 3 N–H and O–H groups in total. The Kier molecular flexibility index (Phi) is 3.59. The Morgan fingerprint density at radius 3 is 2.78 bits per heavy atom. The first-order chi connectivity index (χ1) is 8.67. The Balaban J connectivity index is 2.42. The van der Waals surface area contributed by atoms with Crippen LogP contribution in [0.3, 0.4) is 0 Å². The van der Waals surface area contributed by atoms with Crippen molar-refractivity contribution < 1.29 is 9.13 Å². The number of nitrogens with zero attached hydrogens (tertiary/aromatic N) is 2. The van der Waals surface area contributed by atoms with Crippen LogP contribution in [0, 0.1) is 5.82 Å². The van der Waals surface area contributed by atoms with E-state index in [0.29, 0.717) is 0 Å². The van der Waals surface area contributed by atoms with Crippen molar-refractivity contribution in [3.05, 3.63) is 47.5 Å². The van der Waals surface area contributed by atoms with Gasteiger partial charge in [-0.05, 0) is 23.8 Å². The van der Waals surface area contributed by atoms with Crippen LogP contribution in [0.1, 0.15) is 17.3 Å². The van der Waals surface area contributed by atoms with Gasteiger partial charge in [-0.2, -0.15) is 5.10 Å². The SMILES string of the molecule is COc1cc(C(NN)c2ccnn2C)ccc1F. The van der Waals surface area contributed by atoms with E-state index in [1.165, 1.54) is 13.2 Å². The van der Waals surface area contributed by atoms with Gasteiger partial charge in [0.15, 0.2) is 11.6 Å². The molecule has 1 unspecified atom stereocenters. The summed E-state index contributed by atoms with van der Waals surface area (Å²) >= 11 is 0. The number of hydrogen-bond donors (Lipinski definition) is 2. The van der Waals surface area contributed by atoms with Crippen LogP contribution in [-0.4, -0.2) is 16.9 Å². The van der Waals surface area contributed by atoms with E-state index in [1.807, 2.05) is 13.1 Å². The summed E-state index contributed by atoms with van der Waals surface area (Å²) in [6.07, 6.45) is 1.68. The third kappa shape index (κ3) is 2.20. The van der Waals surface area contributed by atoms with E-state index in [9.17, 15) is 4.39 Å². The lowest BCUT2D eigenvalue weighted by atomic mass is 10.0. The molecular formula is C12H15FN4O. The summed E-state index contributed by atoms with van der Waals surface area (Å²) < 4.78 is 20.0. The molecule has 1 heterocycles. The molecular weight excluding hydrogens is 235 g/mol. The lowest BCUT2D eigenvalue weighted by Crippen LogP contribution is -2.30. The minimum atomic E-state index is -0.401. The van der Waals surface area contributed by atoms with E-state index in [-0.39, 0.29) is 11.8 Å². The van der Waals surface area contributed by atoms with Crippen molar-refractivity contribution in [2.75, 3.05) is 7.11 Å². The first-order valence-corrected chi connectivity index (χ1v) is 5.45. The van der Waals surface area contributed by atoms with Crippen LogP contribution in [0.15, 0.2) is 30.5 Å². The Morgan fingerprint density at radius 2 is 2.22 bits per heavy atom. The van der Waals surface area contributed by atoms with Crippen LogP contribution < -0.4 is 16.0 Å². The van der Waals surface area contributed by atoms with E-state index in [0.717, 1.165) is 11.3 Å². The van der Waals surface area contributed by atoms with Crippen LogP contribution >= 0.6 is 0 Å². The summed E-state index contributed by atoms with van der Waals surface area (Å²) in [7, 11) is 3.25. The van der Waals surface area contributed by atoms with Gasteiger partial charge in [-0.15, -0.1) is 0 Å². The monoisotopic (exact) mass is 250 g/mol. The van der Waals surface area contributed by atoms with Crippen molar-refractivity contribution in [2.45, 2.75) is 6.04 Å². The van der Waals surface area contributed by atoms with Crippen LogP contribution in [-0.2, 0) is 7.05 Å².